The predicted octanol–water partition coefficient (Wildman–Crippen LogP) is 4.24. The predicted molar refractivity (Wildman–Crippen MR) is 60.5 cm³/mol. The number of rotatable bonds is 4. The summed E-state index contributed by atoms with van der Waals surface area (Å²) in [5, 5.41) is 10.3. The van der Waals surface area contributed by atoms with E-state index < -0.39 is 23.2 Å². The first-order valence-corrected chi connectivity index (χ1v) is 5.84. The summed E-state index contributed by atoms with van der Waals surface area (Å²) in [7, 11) is 0. The van der Waals surface area contributed by atoms with E-state index in [1.54, 1.807) is 6.92 Å². The molecule has 0 amide bonds. The Kier molecular flexibility index (Phi) is 4.37. The second-order valence-corrected chi connectivity index (χ2v) is 4.33. The summed E-state index contributed by atoms with van der Waals surface area (Å²) in [6.45, 7) is 3.56. The van der Waals surface area contributed by atoms with Crippen molar-refractivity contribution in [2.45, 2.75) is 44.9 Å². The summed E-state index contributed by atoms with van der Waals surface area (Å²) in [6.07, 6.45) is -3.34. The Bertz CT molecular complexity index is 414. The molecule has 5 heteroatoms. The van der Waals surface area contributed by atoms with Crippen LogP contribution in [0.2, 0.25) is 0 Å². The number of hydrogen-bond donors (Lipinski definition) is 1. The normalized spacial score (nSPS) is 15.5. The molecule has 0 saturated heterocycles. The number of benzene rings is 1. The molecule has 1 atom stereocenters. The van der Waals surface area contributed by atoms with Gasteiger partial charge in [-0.2, -0.15) is 13.2 Å². The summed E-state index contributed by atoms with van der Waals surface area (Å²) in [6, 6.07) is 2.61. The summed E-state index contributed by atoms with van der Waals surface area (Å²) in [5.74, 6) is -1.34. The SMILES string of the molecule is CCCC(O)(CC)c1ccc(C(F)(F)F)c(F)c1. The average Bonchev–Trinajstić information content (AvgIpc) is 2.27. The summed E-state index contributed by atoms with van der Waals surface area (Å²) in [5.41, 5.74) is -2.38. The molecule has 1 N–H and O–H groups in total. The lowest BCUT2D eigenvalue weighted by Gasteiger charge is -2.27. The molecule has 1 aromatic carbocycles. The van der Waals surface area contributed by atoms with Gasteiger partial charge in [0.2, 0.25) is 0 Å². The number of halogens is 4. The van der Waals surface area contributed by atoms with Gasteiger partial charge in [0.15, 0.2) is 0 Å². The Labute approximate surface area is 103 Å². The van der Waals surface area contributed by atoms with Crippen LogP contribution in [0, 0.1) is 5.82 Å². The first-order chi connectivity index (χ1) is 8.24. The molecular formula is C13H16F4O. The van der Waals surface area contributed by atoms with E-state index in [1.807, 2.05) is 6.92 Å². The zero-order chi connectivity index (χ0) is 14.0. The zero-order valence-corrected chi connectivity index (χ0v) is 10.3. The number of alkyl halides is 3. The molecule has 0 aromatic heterocycles. The topological polar surface area (TPSA) is 20.2 Å². The van der Waals surface area contributed by atoms with Gasteiger partial charge >= 0.3 is 6.18 Å². The molecule has 1 nitrogen and oxygen atoms in total. The largest absolute Gasteiger partial charge is 0.419 e. The van der Waals surface area contributed by atoms with Crippen molar-refractivity contribution >= 4 is 0 Å². The van der Waals surface area contributed by atoms with Gasteiger partial charge in [-0.15, -0.1) is 0 Å². The first kappa shape index (κ1) is 15.0. The van der Waals surface area contributed by atoms with Crippen molar-refractivity contribution in [3.05, 3.63) is 35.1 Å². The van der Waals surface area contributed by atoms with Gasteiger partial charge < -0.3 is 5.11 Å². The zero-order valence-electron chi connectivity index (χ0n) is 10.3. The summed E-state index contributed by atoms with van der Waals surface area (Å²) < 4.78 is 50.6. The molecule has 0 aliphatic rings. The van der Waals surface area contributed by atoms with Crippen LogP contribution >= 0.6 is 0 Å². The average molecular weight is 264 g/mol. The lowest BCUT2D eigenvalue weighted by Crippen LogP contribution is -2.25. The highest BCUT2D eigenvalue weighted by atomic mass is 19.4. The maximum absolute atomic E-state index is 13.4. The molecule has 0 bridgehead atoms. The van der Waals surface area contributed by atoms with E-state index in [0.29, 0.717) is 25.3 Å². The standard InChI is InChI=1S/C13H16F4O/c1-3-7-12(18,4-2)9-5-6-10(11(14)8-9)13(15,16)17/h5-6,8,18H,3-4,7H2,1-2H3. The van der Waals surface area contributed by atoms with Crippen molar-refractivity contribution < 1.29 is 22.7 Å². The molecule has 0 radical (unpaired) electrons. The lowest BCUT2D eigenvalue weighted by atomic mass is 9.86. The van der Waals surface area contributed by atoms with Crippen LogP contribution in [0.25, 0.3) is 0 Å². The fraction of sp³-hybridized carbons (Fsp3) is 0.538. The van der Waals surface area contributed by atoms with E-state index in [1.165, 1.54) is 0 Å². The van der Waals surface area contributed by atoms with E-state index in [4.69, 9.17) is 0 Å². The van der Waals surface area contributed by atoms with Crippen LogP contribution in [-0.2, 0) is 11.8 Å². The highest BCUT2D eigenvalue weighted by molar-refractivity contribution is 5.30. The van der Waals surface area contributed by atoms with Crippen LogP contribution in [0.15, 0.2) is 18.2 Å². The van der Waals surface area contributed by atoms with Gasteiger partial charge in [-0.3, -0.25) is 0 Å². The molecule has 1 rings (SSSR count). The van der Waals surface area contributed by atoms with Crippen LogP contribution in [0.3, 0.4) is 0 Å². The van der Waals surface area contributed by atoms with Crippen molar-refractivity contribution in [2.24, 2.45) is 0 Å². The van der Waals surface area contributed by atoms with Crippen molar-refractivity contribution in [2.75, 3.05) is 0 Å². The Morgan fingerprint density at radius 2 is 1.78 bits per heavy atom. The quantitative estimate of drug-likeness (QED) is 0.806. The van der Waals surface area contributed by atoms with Crippen molar-refractivity contribution in [1.29, 1.82) is 0 Å². The Morgan fingerprint density at radius 3 is 2.17 bits per heavy atom. The van der Waals surface area contributed by atoms with Gasteiger partial charge in [0.1, 0.15) is 5.82 Å². The van der Waals surface area contributed by atoms with E-state index >= 15 is 0 Å². The van der Waals surface area contributed by atoms with E-state index in [2.05, 4.69) is 0 Å². The van der Waals surface area contributed by atoms with Crippen LogP contribution in [0.1, 0.15) is 44.2 Å². The molecule has 102 valence electrons. The highest BCUT2D eigenvalue weighted by Gasteiger charge is 2.35. The first-order valence-electron chi connectivity index (χ1n) is 5.84. The van der Waals surface area contributed by atoms with Gasteiger partial charge in [-0.1, -0.05) is 26.3 Å². The maximum atomic E-state index is 13.4. The molecule has 0 aliphatic carbocycles. The third kappa shape index (κ3) is 3.02. The van der Waals surface area contributed by atoms with Crippen LogP contribution < -0.4 is 0 Å². The molecular weight excluding hydrogens is 248 g/mol. The highest BCUT2D eigenvalue weighted by Crippen LogP contribution is 2.35. The fourth-order valence-corrected chi connectivity index (χ4v) is 1.97. The van der Waals surface area contributed by atoms with Gasteiger partial charge in [-0.05, 0) is 30.5 Å². The monoisotopic (exact) mass is 264 g/mol. The molecule has 0 spiro atoms. The third-order valence-corrected chi connectivity index (χ3v) is 3.06. The Balaban J connectivity index is 3.18. The lowest BCUT2D eigenvalue weighted by molar-refractivity contribution is -0.140. The number of aliphatic hydroxyl groups is 1. The minimum absolute atomic E-state index is 0.192. The van der Waals surface area contributed by atoms with Gasteiger partial charge in [-0.25, -0.2) is 4.39 Å². The van der Waals surface area contributed by atoms with Crippen molar-refractivity contribution in [1.82, 2.24) is 0 Å². The fourth-order valence-electron chi connectivity index (χ4n) is 1.97. The van der Waals surface area contributed by atoms with E-state index in [9.17, 15) is 22.7 Å². The second kappa shape index (κ2) is 5.26. The van der Waals surface area contributed by atoms with Gasteiger partial charge in [0.05, 0.1) is 11.2 Å². The minimum Gasteiger partial charge on any atom is -0.385 e. The van der Waals surface area contributed by atoms with Crippen LogP contribution in [0.5, 0.6) is 0 Å². The van der Waals surface area contributed by atoms with Crippen LogP contribution in [-0.4, -0.2) is 5.11 Å². The summed E-state index contributed by atoms with van der Waals surface area (Å²) in [4.78, 5) is 0. The number of hydrogen-bond acceptors (Lipinski definition) is 1. The molecule has 0 heterocycles. The maximum Gasteiger partial charge on any atom is 0.419 e. The third-order valence-electron chi connectivity index (χ3n) is 3.06. The Morgan fingerprint density at radius 1 is 1.17 bits per heavy atom. The van der Waals surface area contributed by atoms with Crippen molar-refractivity contribution in [3.63, 3.8) is 0 Å². The molecule has 0 aliphatic heterocycles. The van der Waals surface area contributed by atoms with Crippen LogP contribution in [0.4, 0.5) is 17.6 Å². The molecule has 0 fully saturated rings. The molecule has 18 heavy (non-hydrogen) atoms. The summed E-state index contributed by atoms with van der Waals surface area (Å²) >= 11 is 0. The Hall–Kier alpha value is -1.10. The molecule has 0 saturated carbocycles. The van der Waals surface area contributed by atoms with Gasteiger partial charge in [0.25, 0.3) is 0 Å². The molecule has 1 unspecified atom stereocenters. The smallest absolute Gasteiger partial charge is 0.385 e. The van der Waals surface area contributed by atoms with Gasteiger partial charge in [0, 0.05) is 0 Å². The molecule has 1 aromatic rings. The van der Waals surface area contributed by atoms with Crippen molar-refractivity contribution in [3.8, 4) is 0 Å². The second-order valence-electron chi connectivity index (χ2n) is 4.33. The van der Waals surface area contributed by atoms with E-state index in [0.717, 1.165) is 12.1 Å². The minimum atomic E-state index is -4.71. The van der Waals surface area contributed by atoms with E-state index in [-0.39, 0.29) is 5.56 Å².